The first-order chi connectivity index (χ1) is 10.4. The molecule has 22 heavy (non-hydrogen) atoms. The molecule has 1 aliphatic heterocycles. The van der Waals surface area contributed by atoms with Crippen LogP contribution in [0.15, 0.2) is 18.2 Å². The molecule has 1 unspecified atom stereocenters. The van der Waals surface area contributed by atoms with Crippen molar-refractivity contribution < 1.29 is 14.6 Å². The maximum absolute atomic E-state index is 12.3. The first kappa shape index (κ1) is 16.3. The number of fused-ring (bicyclic) bond motifs is 1. The number of aliphatic hydroxyl groups excluding tert-OH is 1. The Bertz CT molecular complexity index is 629. The molecule has 0 radical (unpaired) electrons. The third kappa shape index (κ3) is 3.41. The number of aliphatic hydroxyl groups is 1. The Labute approximate surface area is 131 Å². The topological polar surface area (TPSA) is 61.8 Å². The van der Waals surface area contributed by atoms with Crippen LogP contribution < -0.4 is 15.0 Å². The Morgan fingerprint density at radius 1 is 1.50 bits per heavy atom. The van der Waals surface area contributed by atoms with Gasteiger partial charge in [-0.05, 0) is 39.1 Å². The Morgan fingerprint density at radius 3 is 2.86 bits per heavy atom. The molecule has 1 atom stereocenters. The highest BCUT2D eigenvalue weighted by Gasteiger charge is 2.28. The average Bonchev–Trinajstić information content (AvgIpc) is 2.63. The van der Waals surface area contributed by atoms with Crippen LogP contribution in [0.5, 0.6) is 5.75 Å². The van der Waals surface area contributed by atoms with Gasteiger partial charge in [0.1, 0.15) is 18.4 Å². The van der Waals surface area contributed by atoms with Gasteiger partial charge < -0.3 is 20.1 Å². The van der Waals surface area contributed by atoms with Gasteiger partial charge in [0.2, 0.25) is 5.91 Å². The van der Waals surface area contributed by atoms with E-state index in [1.807, 2.05) is 32.0 Å². The lowest BCUT2D eigenvalue weighted by atomic mass is 9.95. The molecule has 1 aromatic rings. The fourth-order valence-electron chi connectivity index (χ4n) is 2.06. The van der Waals surface area contributed by atoms with Crippen molar-refractivity contribution >= 4 is 11.6 Å². The molecular weight excluding hydrogens is 280 g/mol. The average molecular weight is 302 g/mol. The van der Waals surface area contributed by atoms with E-state index in [1.54, 1.807) is 19.0 Å². The van der Waals surface area contributed by atoms with Gasteiger partial charge in [-0.3, -0.25) is 4.79 Å². The number of rotatable bonds is 2. The largest absolute Gasteiger partial charge is 0.489 e. The number of nitrogens with zero attached hydrogens (tertiary/aromatic N) is 1. The van der Waals surface area contributed by atoms with Gasteiger partial charge >= 0.3 is 0 Å². The van der Waals surface area contributed by atoms with Gasteiger partial charge in [0.25, 0.3) is 0 Å². The van der Waals surface area contributed by atoms with E-state index in [0.29, 0.717) is 18.0 Å². The number of hydrogen-bond acceptors (Lipinski definition) is 4. The zero-order valence-corrected chi connectivity index (χ0v) is 13.4. The minimum Gasteiger partial charge on any atom is -0.489 e. The predicted octanol–water partition coefficient (Wildman–Crippen LogP) is 1.000. The molecule has 5 nitrogen and oxygen atoms in total. The molecule has 0 aliphatic carbocycles. The monoisotopic (exact) mass is 302 g/mol. The van der Waals surface area contributed by atoms with Crippen molar-refractivity contribution in [1.29, 1.82) is 0 Å². The van der Waals surface area contributed by atoms with Crippen LogP contribution in [0.3, 0.4) is 0 Å². The molecule has 1 aromatic carbocycles. The van der Waals surface area contributed by atoms with Crippen LogP contribution in [-0.2, 0) is 4.79 Å². The number of nitrogens with one attached hydrogen (secondary N) is 1. The van der Waals surface area contributed by atoms with Crippen molar-refractivity contribution in [3.05, 3.63) is 23.8 Å². The molecule has 0 aromatic heterocycles. The number of amides is 1. The molecule has 1 aliphatic rings. The summed E-state index contributed by atoms with van der Waals surface area (Å²) < 4.78 is 5.70. The number of ether oxygens (including phenoxy) is 1. The first-order valence-electron chi connectivity index (χ1n) is 7.23. The SMILES string of the molecule is CNC1COc2ccc(C#CC(C)(C)CO)cc2N(C)C1=O. The highest BCUT2D eigenvalue weighted by molar-refractivity contribution is 5.99. The molecule has 0 bridgehead atoms. The second-order valence-electron chi connectivity index (χ2n) is 6.02. The highest BCUT2D eigenvalue weighted by Crippen LogP contribution is 2.31. The van der Waals surface area contributed by atoms with Crippen LogP contribution in [0.2, 0.25) is 0 Å². The summed E-state index contributed by atoms with van der Waals surface area (Å²) in [5, 5.41) is 12.2. The maximum atomic E-state index is 12.3. The Hall–Kier alpha value is -2.03. The van der Waals surface area contributed by atoms with Crippen LogP contribution in [0.1, 0.15) is 19.4 Å². The normalized spacial score (nSPS) is 18.0. The zero-order chi connectivity index (χ0) is 16.3. The summed E-state index contributed by atoms with van der Waals surface area (Å²) in [5.41, 5.74) is 1.03. The number of anilines is 1. The summed E-state index contributed by atoms with van der Waals surface area (Å²) in [7, 11) is 3.47. The fraction of sp³-hybridized carbons (Fsp3) is 0.471. The third-order valence-electron chi connectivity index (χ3n) is 3.64. The van der Waals surface area contributed by atoms with Crippen LogP contribution in [-0.4, -0.2) is 44.4 Å². The van der Waals surface area contributed by atoms with E-state index in [2.05, 4.69) is 17.2 Å². The fourth-order valence-corrected chi connectivity index (χ4v) is 2.06. The highest BCUT2D eigenvalue weighted by atomic mass is 16.5. The molecule has 5 heteroatoms. The molecule has 118 valence electrons. The zero-order valence-electron chi connectivity index (χ0n) is 13.4. The minimum absolute atomic E-state index is 0.00368. The van der Waals surface area contributed by atoms with E-state index < -0.39 is 5.41 Å². The van der Waals surface area contributed by atoms with Gasteiger partial charge in [-0.2, -0.15) is 0 Å². The number of likely N-dealkylation sites (N-methyl/N-ethyl adjacent to an activating group) is 2. The molecule has 2 rings (SSSR count). The smallest absolute Gasteiger partial charge is 0.247 e. The second kappa shape index (κ2) is 6.39. The van der Waals surface area contributed by atoms with E-state index >= 15 is 0 Å². The van der Waals surface area contributed by atoms with Gasteiger partial charge in [-0.15, -0.1) is 0 Å². The first-order valence-corrected chi connectivity index (χ1v) is 7.23. The van der Waals surface area contributed by atoms with Crippen LogP contribution in [0.4, 0.5) is 5.69 Å². The lowest BCUT2D eigenvalue weighted by Gasteiger charge is -2.19. The molecule has 0 fully saturated rings. The van der Waals surface area contributed by atoms with E-state index in [0.717, 1.165) is 5.56 Å². The van der Waals surface area contributed by atoms with Crippen molar-refractivity contribution in [3.63, 3.8) is 0 Å². The van der Waals surface area contributed by atoms with E-state index in [4.69, 9.17) is 4.74 Å². The lowest BCUT2D eigenvalue weighted by molar-refractivity contribution is -0.120. The predicted molar refractivity (Wildman–Crippen MR) is 85.9 cm³/mol. The van der Waals surface area contributed by atoms with Crippen LogP contribution in [0, 0.1) is 17.3 Å². The van der Waals surface area contributed by atoms with Gasteiger partial charge in [0.15, 0.2) is 0 Å². The Morgan fingerprint density at radius 2 is 2.23 bits per heavy atom. The summed E-state index contributed by atoms with van der Waals surface area (Å²) in [6.07, 6.45) is 0. The summed E-state index contributed by atoms with van der Waals surface area (Å²) >= 11 is 0. The number of benzene rings is 1. The van der Waals surface area contributed by atoms with Crippen molar-refractivity contribution in [3.8, 4) is 17.6 Å². The van der Waals surface area contributed by atoms with Crippen LogP contribution >= 0.6 is 0 Å². The molecule has 2 N–H and O–H groups in total. The van der Waals surface area contributed by atoms with Gasteiger partial charge in [0, 0.05) is 18.0 Å². The Balaban J connectivity index is 2.36. The summed E-state index contributed by atoms with van der Waals surface area (Å²) in [6.45, 7) is 4.05. The summed E-state index contributed by atoms with van der Waals surface area (Å²) in [5.74, 6) is 6.71. The van der Waals surface area contributed by atoms with Crippen molar-refractivity contribution in [2.24, 2.45) is 5.41 Å². The van der Waals surface area contributed by atoms with E-state index in [1.165, 1.54) is 0 Å². The lowest BCUT2D eigenvalue weighted by Crippen LogP contribution is -2.45. The molecule has 1 amide bonds. The van der Waals surface area contributed by atoms with E-state index in [9.17, 15) is 9.90 Å². The van der Waals surface area contributed by atoms with E-state index in [-0.39, 0.29) is 18.6 Å². The third-order valence-corrected chi connectivity index (χ3v) is 3.64. The number of carbonyl (C=O) groups is 1. The van der Waals surface area contributed by atoms with Gasteiger partial charge in [-0.1, -0.05) is 11.8 Å². The summed E-state index contributed by atoms with van der Waals surface area (Å²) in [6, 6.07) is 5.16. The maximum Gasteiger partial charge on any atom is 0.247 e. The van der Waals surface area contributed by atoms with Crippen molar-refractivity contribution in [1.82, 2.24) is 5.32 Å². The van der Waals surface area contributed by atoms with Crippen molar-refractivity contribution in [2.45, 2.75) is 19.9 Å². The Kier molecular flexibility index (Phi) is 4.74. The van der Waals surface area contributed by atoms with Crippen LogP contribution in [0.25, 0.3) is 0 Å². The molecular formula is C17H22N2O3. The van der Waals surface area contributed by atoms with Gasteiger partial charge in [0.05, 0.1) is 12.3 Å². The van der Waals surface area contributed by atoms with Gasteiger partial charge in [-0.25, -0.2) is 0 Å². The minimum atomic E-state index is -0.456. The number of hydrogen-bond donors (Lipinski definition) is 2. The molecule has 0 spiro atoms. The molecule has 0 saturated carbocycles. The molecule has 0 saturated heterocycles. The standard InChI is InChI=1S/C17H22N2O3/c1-17(2,11-20)8-7-12-5-6-15-14(9-12)19(4)16(21)13(18-3)10-22-15/h5-6,9,13,18,20H,10-11H2,1-4H3. The number of carbonyl (C=O) groups excluding carboxylic acids is 1. The quantitative estimate of drug-likeness (QED) is 0.800. The second-order valence-corrected chi connectivity index (χ2v) is 6.02. The van der Waals surface area contributed by atoms with Crippen molar-refractivity contribution in [2.75, 3.05) is 32.2 Å². The molecule has 1 heterocycles. The summed E-state index contributed by atoms with van der Waals surface area (Å²) in [4.78, 5) is 13.9.